The fourth-order valence-electron chi connectivity index (χ4n) is 3.27. The van der Waals surface area contributed by atoms with Crippen LogP contribution in [0.3, 0.4) is 0 Å². The average molecular weight is 264 g/mol. The number of hydrogen-bond acceptors (Lipinski definition) is 3. The van der Waals surface area contributed by atoms with Gasteiger partial charge in [-0.05, 0) is 39.7 Å². The minimum Gasteiger partial charge on any atom is -0.311 e. The van der Waals surface area contributed by atoms with E-state index in [0.29, 0.717) is 6.04 Å². The van der Waals surface area contributed by atoms with E-state index in [0.717, 1.165) is 18.8 Å². The first-order valence-corrected chi connectivity index (χ1v) is 7.80. The minimum absolute atomic E-state index is 0.241. The molecule has 1 aromatic heterocycles. The maximum absolute atomic E-state index is 4.50. The Labute approximate surface area is 117 Å². The van der Waals surface area contributed by atoms with Crippen LogP contribution in [0.2, 0.25) is 0 Å². The van der Waals surface area contributed by atoms with Gasteiger partial charge in [0.15, 0.2) is 0 Å². The Balaban J connectivity index is 2.17. The van der Waals surface area contributed by atoms with Crippen molar-refractivity contribution in [3.05, 3.63) is 12.2 Å². The third-order valence-corrected chi connectivity index (χ3v) is 4.19. The van der Waals surface area contributed by atoms with Gasteiger partial charge in [-0.3, -0.25) is 0 Å². The molecule has 1 atom stereocenters. The van der Waals surface area contributed by atoms with Crippen LogP contribution in [0.4, 0.5) is 0 Å². The molecule has 0 aromatic carbocycles. The SMILES string of the molecule is CCCC1(Cc2ncnn2C(C)C)CCCCCN1. The minimum atomic E-state index is 0.241. The Morgan fingerprint density at radius 1 is 1.37 bits per heavy atom. The van der Waals surface area contributed by atoms with Gasteiger partial charge in [0.1, 0.15) is 12.2 Å². The summed E-state index contributed by atoms with van der Waals surface area (Å²) in [6, 6.07) is 0.391. The van der Waals surface area contributed by atoms with Crippen LogP contribution >= 0.6 is 0 Å². The van der Waals surface area contributed by atoms with Crippen molar-refractivity contribution in [3.8, 4) is 0 Å². The Morgan fingerprint density at radius 3 is 2.95 bits per heavy atom. The van der Waals surface area contributed by atoms with Crippen molar-refractivity contribution in [1.29, 1.82) is 0 Å². The predicted molar refractivity (Wildman–Crippen MR) is 78.2 cm³/mol. The lowest BCUT2D eigenvalue weighted by atomic mass is 9.85. The molecule has 2 rings (SSSR count). The molecule has 4 nitrogen and oxygen atoms in total. The molecular weight excluding hydrogens is 236 g/mol. The van der Waals surface area contributed by atoms with Crippen molar-refractivity contribution in [3.63, 3.8) is 0 Å². The van der Waals surface area contributed by atoms with E-state index in [9.17, 15) is 0 Å². The van der Waals surface area contributed by atoms with Crippen LogP contribution in [0.5, 0.6) is 0 Å². The molecule has 0 aliphatic carbocycles. The smallest absolute Gasteiger partial charge is 0.138 e. The molecule has 1 saturated heterocycles. The fraction of sp³-hybridized carbons (Fsp3) is 0.867. The van der Waals surface area contributed by atoms with Gasteiger partial charge in [-0.2, -0.15) is 5.10 Å². The number of nitrogens with zero attached hydrogens (tertiary/aromatic N) is 3. The van der Waals surface area contributed by atoms with Gasteiger partial charge in [0, 0.05) is 18.0 Å². The zero-order valence-electron chi connectivity index (χ0n) is 12.7. The summed E-state index contributed by atoms with van der Waals surface area (Å²) in [7, 11) is 0. The second-order valence-electron chi connectivity index (χ2n) is 6.16. The Kier molecular flexibility index (Phi) is 4.97. The molecule has 1 aromatic rings. The van der Waals surface area contributed by atoms with Gasteiger partial charge in [0.05, 0.1) is 0 Å². The summed E-state index contributed by atoms with van der Waals surface area (Å²) < 4.78 is 2.07. The zero-order valence-corrected chi connectivity index (χ0v) is 12.7. The summed E-state index contributed by atoms with van der Waals surface area (Å²) in [4.78, 5) is 4.50. The molecule has 0 radical (unpaired) electrons. The molecule has 0 amide bonds. The summed E-state index contributed by atoms with van der Waals surface area (Å²) in [5.41, 5.74) is 0.241. The number of rotatable bonds is 5. The summed E-state index contributed by atoms with van der Waals surface area (Å²) in [5.74, 6) is 1.14. The van der Waals surface area contributed by atoms with Crippen molar-refractivity contribution in [2.24, 2.45) is 0 Å². The average Bonchev–Trinajstić information content (AvgIpc) is 2.70. The molecular formula is C15H28N4. The quantitative estimate of drug-likeness (QED) is 0.888. The van der Waals surface area contributed by atoms with Gasteiger partial charge in [-0.15, -0.1) is 0 Å². The molecule has 4 heteroatoms. The molecule has 2 heterocycles. The molecule has 1 unspecified atom stereocenters. The topological polar surface area (TPSA) is 42.7 Å². The van der Waals surface area contributed by atoms with E-state index < -0.39 is 0 Å². The number of hydrogen-bond donors (Lipinski definition) is 1. The van der Waals surface area contributed by atoms with Crippen LogP contribution in [-0.4, -0.2) is 26.8 Å². The lowest BCUT2D eigenvalue weighted by molar-refractivity contribution is 0.276. The molecule has 108 valence electrons. The molecule has 0 saturated carbocycles. The van der Waals surface area contributed by atoms with E-state index in [2.05, 4.69) is 40.9 Å². The van der Waals surface area contributed by atoms with E-state index in [1.54, 1.807) is 6.33 Å². The predicted octanol–water partition coefficient (Wildman–Crippen LogP) is 3.10. The molecule has 1 aliphatic rings. The Bertz CT molecular complexity index is 375. The summed E-state index contributed by atoms with van der Waals surface area (Å²) in [6.45, 7) is 7.77. The van der Waals surface area contributed by atoms with Crippen LogP contribution in [-0.2, 0) is 6.42 Å². The summed E-state index contributed by atoms with van der Waals surface area (Å²) >= 11 is 0. The maximum atomic E-state index is 4.50. The Morgan fingerprint density at radius 2 is 2.21 bits per heavy atom. The van der Waals surface area contributed by atoms with E-state index in [4.69, 9.17) is 0 Å². The molecule has 0 bridgehead atoms. The van der Waals surface area contributed by atoms with Crippen molar-refractivity contribution < 1.29 is 0 Å². The van der Waals surface area contributed by atoms with Gasteiger partial charge in [-0.1, -0.05) is 26.2 Å². The highest BCUT2D eigenvalue weighted by molar-refractivity contribution is 5.00. The summed E-state index contributed by atoms with van der Waals surface area (Å²) in [5, 5.41) is 8.19. The molecule has 0 spiro atoms. The van der Waals surface area contributed by atoms with Gasteiger partial charge in [0.25, 0.3) is 0 Å². The van der Waals surface area contributed by atoms with Crippen molar-refractivity contribution >= 4 is 0 Å². The van der Waals surface area contributed by atoms with Crippen LogP contribution in [0.15, 0.2) is 6.33 Å². The van der Waals surface area contributed by atoms with Gasteiger partial charge < -0.3 is 5.32 Å². The summed E-state index contributed by atoms with van der Waals surface area (Å²) in [6.07, 6.45) is 10.4. The van der Waals surface area contributed by atoms with E-state index in [1.807, 2.05) is 0 Å². The normalized spacial score (nSPS) is 24.6. The third kappa shape index (κ3) is 3.56. The second kappa shape index (κ2) is 6.51. The highest BCUT2D eigenvalue weighted by Crippen LogP contribution is 2.28. The molecule has 19 heavy (non-hydrogen) atoms. The van der Waals surface area contributed by atoms with Gasteiger partial charge >= 0.3 is 0 Å². The van der Waals surface area contributed by atoms with Crippen LogP contribution in [0.1, 0.15) is 71.2 Å². The van der Waals surface area contributed by atoms with Crippen molar-refractivity contribution in [2.75, 3.05) is 6.54 Å². The monoisotopic (exact) mass is 264 g/mol. The van der Waals surface area contributed by atoms with E-state index in [1.165, 1.54) is 38.5 Å². The molecule has 1 aliphatic heterocycles. The highest BCUT2D eigenvalue weighted by Gasteiger charge is 2.31. The van der Waals surface area contributed by atoms with Crippen LogP contribution < -0.4 is 5.32 Å². The largest absolute Gasteiger partial charge is 0.311 e. The lowest BCUT2D eigenvalue weighted by Crippen LogP contribution is -2.47. The lowest BCUT2D eigenvalue weighted by Gasteiger charge is -2.33. The van der Waals surface area contributed by atoms with Crippen LogP contribution in [0.25, 0.3) is 0 Å². The van der Waals surface area contributed by atoms with E-state index in [-0.39, 0.29) is 5.54 Å². The standard InChI is InChI=1S/C15H28N4/c1-4-8-15(9-6-5-7-10-17-15)11-14-16-12-18-19(14)13(2)3/h12-13,17H,4-11H2,1-3H3. The van der Waals surface area contributed by atoms with E-state index >= 15 is 0 Å². The first-order chi connectivity index (χ1) is 9.17. The first-order valence-electron chi connectivity index (χ1n) is 7.80. The first kappa shape index (κ1) is 14.5. The van der Waals surface area contributed by atoms with Crippen molar-refractivity contribution in [1.82, 2.24) is 20.1 Å². The fourth-order valence-corrected chi connectivity index (χ4v) is 3.27. The molecule has 1 fully saturated rings. The maximum Gasteiger partial charge on any atom is 0.138 e. The Hall–Kier alpha value is -0.900. The van der Waals surface area contributed by atoms with Crippen molar-refractivity contribution in [2.45, 2.75) is 77.3 Å². The third-order valence-electron chi connectivity index (χ3n) is 4.19. The van der Waals surface area contributed by atoms with Gasteiger partial charge in [-0.25, -0.2) is 9.67 Å². The van der Waals surface area contributed by atoms with Gasteiger partial charge in [0.2, 0.25) is 0 Å². The second-order valence-corrected chi connectivity index (χ2v) is 6.16. The van der Waals surface area contributed by atoms with Crippen LogP contribution in [0, 0.1) is 0 Å². The molecule has 1 N–H and O–H groups in total. The number of nitrogens with one attached hydrogen (secondary N) is 1. The number of aromatic nitrogens is 3. The highest BCUT2D eigenvalue weighted by atomic mass is 15.3. The zero-order chi connectivity index (χ0) is 13.7.